The largest absolute Gasteiger partial charge is 0.481 e. The normalized spacial score (nSPS) is 16.7. The highest BCUT2D eigenvalue weighted by atomic mass is 16.4. The fourth-order valence-electron chi connectivity index (χ4n) is 2.87. The number of nitrogens with zero attached hydrogens (tertiary/aromatic N) is 2. The maximum atomic E-state index is 12.0. The number of aryl methyl sites for hydroxylation is 1. The van der Waals surface area contributed by atoms with Crippen LogP contribution < -0.4 is 10.6 Å². The molecule has 1 heterocycles. The minimum absolute atomic E-state index is 0.0215. The van der Waals surface area contributed by atoms with Gasteiger partial charge in [0.2, 0.25) is 0 Å². The molecule has 7 heteroatoms. The molecule has 0 aliphatic heterocycles. The van der Waals surface area contributed by atoms with Crippen molar-refractivity contribution in [2.45, 2.75) is 51.1 Å². The number of rotatable bonds is 5. The van der Waals surface area contributed by atoms with Crippen LogP contribution in [0.15, 0.2) is 6.20 Å². The molecule has 1 aromatic rings. The molecule has 1 saturated carbocycles. The van der Waals surface area contributed by atoms with E-state index in [1.165, 1.54) is 0 Å². The van der Waals surface area contributed by atoms with Crippen molar-refractivity contribution in [1.82, 2.24) is 20.4 Å². The van der Waals surface area contributed by atoms with E-state index in [0.717, 1.165) is 36.9 Å². The molecule has 7 nitrogen and oxygen atoms in total. The first-order chi connectivity index (χ1) is 9.92. The van der Waals surface area contributed by atoms with Crippen molar-refractivity contribution in [2.24, 2.45) is 7.05 Å². The summed E-state index contributed by atoms with van der Waals surface area (Å²) in [5.41, 5.74) is 1.35. The molecule has 0 atom stereocenters. The number of carbonyl (C=O) groups excluding carboxylic acids is 1. The van der Waals surface area contributed by atoms with Gasteiger partial charge in [-0.25, -0.2) is 4.79 Å². The number of nitrogens with one attached hydrogen (secondary N) is 2. The van der Waals surface area contributed by atoms with Crippen molar-refractivity contribution in [3.05, 3.63) is 17.5 Å². The molecule has 1 fully saturated rings. The second kappa shape index (κ2) is 6.15. The molecule has 0 radical (unpaired) electrons. The summed E-state index contributed by atoms with van der Waals surface area (Å²) in [5, 5.41) is 18.8. The number of carboxylic acid groups (broad SMARTS) is 1. The van der Waals surface area contributed by atoms with Gasteiger partial charge in [0.05, 0.1) is 18.2 Å². The van der Waals surface area contributed by atoms with E-state index < -0.39 is 11.5 Å². The Labute approximate surface area is 123 Å². The second-order valence-corrected chi connectivity index (χ2v) is 5.74. The summed E-state index contributed by atoms with van der Waals surface area (Å²) in [4.78, 5) is 23.0. The summed E-state index contributed by atoms with van der Waals surface area (Å²) in [6.07, 6.45) is 5.05. The van der Waals surface area contributed by atoms with Crippen LogP contribution >= 0.6 is 0 Å². The van der Waals surface area contributed by atoms with Gasteiger partial charge < -0.3 is 15.7 Å². The molecule has 21 heavy (non-hydrogen) atoms. The summed E-state index contributed by atoms with van der Waals surface area (Å²) in [7, 11) is 1.85. The van der Waals surface area contributed by atoms with Gasteiger partial charge in [0, 0.05) is 24.8 Å². The minimum atomic E-state index is -0.875. The van der Waals surface area contributed by atoms with E-state index in [1.54, 1.807) is 10.9 Å². The van der Waals surface area contributed by atoms with Crippen molar-refractivity contribution in [3.63, 3.8) is 0 Å². The molecule has 1 aliphatic carbocycles. The van der Waals surface area contributed by atoms with E-state index >= 15 is 0 Å². The smallest absolute Gasteiger partial charge is 0.315 e. The summed E-state index contributed by atoms with van der Waals surface area (Å²) in [5.74, 6) is -0.875. The first kappa shape index (κ1) is 15.3. The lowest BCUT2D eigenvalue weighted by Crippen LogP contribution is -2.51. The third-order valence-electron chi connectivity index (χ3n) is 4.21. The van der Waals surface area contributed by atoms with Crippen LogP contribution in [0.3, 0.4) is 0 Å². The quantitative estimate of drug-likeness (QED) is 0.763. The third-order valence-corrected chi connectivity index (χ3v) is 4.21. The molecule has 0 saturated heterocycles. The monoisotopic (exact) mass is 294 g/mol. The zero-order valence-corrected chi connectivity index (χ0v) is 12.5. The van der Waals surface area contributed by atoms with Gasteiger partial charge in [0.15, 0.2) is 0 Å². The highest BCUT2D eigenvalue weighted by molar-refractivity contribution is 5.76. The highest BCUT2D eigenvalue weighted by Gasteiger charge is 2.37. The predicted octanol–water partition coefficient (Wildman–Crippen LogP) is 1.32. The Balaban J connectivity index is 1.91. The summed E-state index contributed by atoms with van der Waals surface area (Å²) in [6.45, 7) is 2.32. The fourth-order valence-corrected chi connectivity index (χ4v) is 2.87. The van der Waals surface area contributed by atoms with Crippen LogP contribution in [-0.2, 0) is 18.4 Å². The van der Waals surface area contributed by atoms with E-state index in [2.05, 4.69) is 15.7 Å². The van der Waals surface area contributed by atoms with Gasteiger partial charge in [-0.15, -0.1) is 0 Å². The summed E-state index contributed by atoms with van der Waals surface area (Å²) >= 11 is 0. The Morgan fingerprint density at radius 2 is 2.10 bits per heavy atom. The molecule has 0 bridgehead atoms. The lowest BCUT2D eigenvalue weighted by Gasteiger charge is -2.28. The molecule has 1 aromatic heterocycles. The molecule has 116 valence electrons. The Kier molecular flexibility index (Phi) is 4.50. The van der Waals surface area contributed by atoms with Crippen LogP contribution in [0.1, 0.15) is 43.4 Å². The molecular formula is C14H22N4O3. The van der Waals surface area contributed by atoms with Crippen molar-refractivity contribution < 1.29 is 14.7 Å². The maximum Gasteiger partial charge on any atom is 0.315 e. The number of urea groups is 1. The van der Waals surface area contributed by atoms with Crippen LogP contribution in [0.2, 0.25) is 0 Å². The molecular weight excluding hydrogens is 272 g/mol. The topological polar surface area (TPSA) is 96.2 Å². The molecule has 0 spiro atoms. The van der Waals surface area contributed by atoms with Gasteiger partial charge in [-0.1, -0.05) is 12.8 Å². The SMILES string of the molecule is Cc1c(CNC(=O)NC2(CC(=O)O)CCCC2)cnn1C. The predicted molar refractivity (Wildman–Crippen MR) is 76.8 cm³/mol. The van der Waals surface area contributed by atoms with Crippen molar-refractivity contribution >= 4 is 12.0 Å². The number of hydrogen-bond donors (Lipinski definition) is 3. The van der Waals surface area contributed by atoms with Gasteiger partial charge in [0.25, 0.3) is 0 Å². The van der Waals surface area contributed by atoms with Gasteiger partial charge in [-0.3, -0.25) is 9.48 Å². The zero-order valence-electron chi connectivity index (χ0n) is 12.5. The van der Waals surface area contributed by atoms with Gasteiger partial charge >= 0.3 is 12.0 Å². The van der Waals surface area contributed by atoms with E-state index in [0.29, 0.717) is 6.54 Å². The Morgan fingerprint density at radius 1 is 1.43 bits per heavy atom. The van der Waals surface area contributed by atoms with E-state index in [-0.39, 0.29) is 12.5 Å². The third kappa shape index (κ3) is 3.74. The van der Waals surface area contributed by atoms with E-state index in [1.807, 2.05) is 14.0 Å². The summed E-state index contributed by atoms with van der Waals surface area (Å²) in [6, 6.07) is -0.318. The molecule has 0 unspecified atom stereocenters. The maximum absolute atomic E-state index is 12.0. The van der Waals surface area contributed by atoms with Crippen molar-refractivity contribution in [1.29, 1.82) is 0 Å². The van der Waals surface area contributed by atoms with Crippen LogP contribution in [0, 0.1) is 6.92 Å². The van der Waals surface area contributed by atoms with Crippen LogP contribution in [0.5, 0.6) is 0 Å². The van der Waals surface area contributed by atoms with Gasteiger partial charge in [0.1, 0.15) is 0 Å². The number of amides is 2. The minimum Gasteiger partial charge on any atom is -0.481 e. The number of hydrogen-bond acceptors (Lipinski definition) is 3. The van der Waals surface area contributed by atoms with Gasteiger partial charge in [-0.05, 0) is 19.8 Å². The lowest BCUT2D eigenvalue weighted by molar-refractivity contribution is -0.138. The van der Waals surface area contributed by atoms with E-state index in [9.17, 15) is 9.59 Å². The first-order valence-corrected chi connectivity index (χ1v) is 7.17. The molecule has 3 N–H and O–H groups in total. The zero-order chi connectivity index (χ0) is 15.5. The van der Waals surface area contributed by atoms with Gasteiger partial charge in [-0.2, -0.15) is 5.10 Å². The number of aromatic nitrogens is 2. The van der Waals surface area contributed by atoms with E-state index in [4.69, 9.17) is 5.11 Å². The average molecular weight is 294 g/mol. The van der Waals surface area contributed by atoms with Crippen LogP contribution in [0.4, 0.5) is 4.79 Å². The molecule has 0 aromatic carbocycles. The number of carbonyl (C=O) groups is 2. The van der Waals surface area contributed by atoms with Crippen molar-refractivity contribution in [3.8, 4) is 0 Å². The Hall–Kier alpha value is -2.05. The molecule has 2 amide bonds. The Bertz CT molecular complexity index is 532. The standard InChI is InChI=1S/C14H22N4O3/c1-10-11(9-16-18(10)2)8-15-13(21)17-14(7-12(19)20)5-3-4-6-14/h9H,3-8H2,1-2H3,(H,19,20)(H2,15,17,21). The fraction of sp³-hybridized carbons (Fsp3) is 0.643. The van der Waals surface area contributed by atoms with Crippen LogP contribution in [0.25, 0.3) is 0 Å². The molecule has 1 aliphatic rings. The van der Waals surface area contributed by atoms with Crippen molar-refractivity contribution in [2.75, 3.05) is 0 Å². The molecule has 2 rings (SSSR count). The first-order valence-electron chi connectivity index (χ1n) is 7.17. The average Bonchev–Trinajstić information content (AvgIpc) is 2.96. The lowest BCUT2D eigenvalue weighted by atomic mass is 9.93. The summed E-state index contributed by atoms with van der Waals surface area (Å²) < 4.78 is 1.75. The second-order valence-electron chi connectivity index (χ2n) is 5.74. The number of carboxylic acids is 1. The number of aliphatic carboxylic acids is 1. The Morgan fingerprint density at radius 3 is 2.62 bits per heavy atom. The highest BCUT2D eigenvalue weighted by Crippen LogP contribution is 2.32. The van der Waals surface area contributed by atoms with Crippen LogP contribution in [-0.4, -0.2) is 32.4 Å².